The number of nitrogens with zero attached hydrogens (tertiary/aromatic N) is 1. The molecule has 0 saturated heterocycles. The van der Waals surface area contributed by atoms with E-state index in [9.17, 15) is 4.79 Å². The van der Waals surface area contributed by atoms with Gasteiger partial charge in [0.2, 0.25) is 0 Å². The van der Waals surface area contributed by atoms with Crippen molar-refractivity contribution in [1.29, 1.82) is 0 Å². The number of esters is 1. The summed E-state index contributed by atoms with van der Waals surface area (Å²) in [5.41, 5.74) is 7.21. The lowest BCUT2D eigenvalue weighted by Crippen LogP contribution is -2.17. The summed E-state index contributed by atoms with van der Waals surface area (Å²) in [6.45, 7) is 3.96. The molecule has 17 heavy (non-hydrogen) atoms. The van der Waals surface area contributed by atoms with Crippen LogP contribution in [0.4, 0.5) is 0 Å². The molecule has 2 rings (SSSR count). The number of carbonyl (C=O) groups excluding carboxylic acids is 1. The molecule has 1 fully saturated rings. The number of carbonyl (C=O) groups is 1. The van der Waals surface area contributed by atoms with Crippen LogP contribution >= 0.6 is 0 Å². The van der Waals surface area contributed by atoms with Gasteiger partial charge in [0.15, 0.2) is 0 Å². The Morgan fingerprint density at radius 1 is 1.59 bits per heavy atom. The van der Waals surface area contributed by atoms with E-state index in [0.29, 0.717) is 5.92 Å². The van der Waals surface area contributed by atoms with Crippen LogP contribution in [0.2, 0.25) is 0 Å². The second-order valence-corrected chi connectivity index (χ2v) is 5.02. The van der Waals surface area contributed by atoms with Gasteiger partial charge in [0.05, 0.1) is 6.10 Å². The van der Waals surface area contributed by atoms with Crippen LogP contribution in [0.3, 0.4) is 0 Å². The van der Waals surface area contributed by atoms with E-state index in [1.165, 1.54) is 12.8 Å². The average Bonchev–Trinajstić information content (AvgIpc) is 2.98. The minimum atomic E-state index is -0.206. The van der Waals surface area contributed by atoms with Crippen LogP contribution in [0.25, 0.3) is 0 Å². The van der Waals surface area contributed by atoms with E-state index in [-0.39, 0.29) is 24.7 Å². The van der Waals surface area contributed by atoms with Crippen LogP contribution in [0.15, 0.2) is 18.5 Å². The lowest BCUT2D eigenvalue weighted by atomic mass is 10.1. The second-order valence-electron chi connectivity index (χ2n) is 5.02. The topological polar surface area (TPSA) is 57.2 Å². The molecule has 0 aliphatic heterocycles. The van der Waals surface area contributed by atoms with E-state index in [4.69, 9.17) is 10.5 Å². The van der Waals surface area contributed by atoms with Crippen molar-refractivity contribution in [2.45, 2.75) is 45.4 Å². The van der Waals surface area contributed by atoms with Gasteiger partial charge in [-0.05, 0) is 44.2 Å². The SMILES string of the molecule is CC(C)OC(=O)Cn1ccc(C(N)C2CC2)c1. The van der Waals surface area contributed by atoms with Gasteiger partial charge in [-0.1, -0.05) is 0 Å². The first-order valence-corrected chi connectivity index (χ1v) is 6.17. The molecule has 1 aliphatic carbocycles. The summed E-state index contributed by atoms with van der Waals surface area (Å²) < 4.78 is 6.93. The highest BCUT2D eigenvalue weighted by molar-refractivity contribution is 5.69. The molecular formula is C13H20N2O2. The monoisotopic (exact) mass is 236 g/mol. The fourth-order valence-electron chi connectivity index (χ4n) is 1.93. The van der Waals surface area contributed by atoms with Gasteiger partial charge in [0.1, 0.15) is 6.54 Å². The summed E-state index contributed by atoms with van der Waals surface area (Å²) in [5.74, 6) is 0.426. The summed E-state index contributed by atoms with van der Waals surface area (Å²) in [7, 11) is 0. The highest BCUT2D eigenvalue weighted by Gasteiger charge is 2.29. The molecule has 1 saturated carbocycles. The van der Waals surface area contributed by atoms with Crippen molar-refractivity contribution in [1.82, 2.24) is 4.57 Å². The Kier molecular flexibility index (Phi) is 3.52. The molecule has 4 nitrogen and oxygen atoms in total. The molecule has 1 aromatic heterocycles. The predicted octanol–water partition coefficient (Wildman–Crippen LogP) is 1.85. The van der Waals surface area contributed by atoms with Crippen molar-refractivity contribution in [3.8, 4) is 0 Å². The quantitative estimate of drug-likeness (QED) is 0.794. The summed E-state index contributed by atoms with van der Waals surface area (Å²) in [4.78, 5) is 11.5. The molecule has 0 amide bonds. The molecule has 1 aliphatic rings. The van der Waals surface area contributed by atoms with Gasteiger partial charge < -0.3 is 15.0 Å². The number of hydrogen-bond donors (Lipinski definition) is 1. The molecule has 94 valence electrons. The molecule has 0 radical (unpaired) electrons. The Balaban J connectivity index is 1.91. The number of ether oxygens (including phenoxy) is 1. The summed E-state index contributed by atoms with van der Waals surface area (Å²) in [5, 5.41) is 0. The smallest absolute Gasteiger partial charge is 0.326 e. The van der Waals surface area contributed by atoms with Crippen molar-refractivity contribution in [3.05, 3.63) is 24.0 Å². The molecule has 0 aromatic carbocycles. The first-order chi connectivity index (χ1) is 8.06. The van der Waals surface area contributed by atoms with E-state index in [1.807, 2.05) is 36.9 Å². The standard InChI is InChI=1S/C13H20N2O2/c1-9(2)17-12(16)8-15-6-5-11(7-15)13(14)10-3-4-10/h5-7,9-10,13H,3-4,8,14H2,1-2H3. The molecule has 1 aromatic rings. The molecule has 1 heterocycles. The number of hydrogen-bond acceptors (Lipinski definition) is 3. The number of nitrogens with two attached hydrogens (primary N) is 1. The maximum atomic E-state index is 11.5. The number of rotatable bonds is 5. The molecule has 2 N–H and O–H groups in total. The molecule has 1 atom stereocenters. The predicted molar refractivity (Wildman–Crippen MR) is 65.3 cm³/mol. The minimum Gasteiger partial charge on any atom is -0.462 e. The van der Waals surface area contributed by atoms with Crippen LogP contribution in [-0.4, -0.2) is 16.6 Å². The fraction of sp³-hybridized carbons (Fsp3) is 0.615. The van der Waals surface area contributed by atoms with Gasteiger partial charge >= 0.3 is 5.97 Å². The lowest BCUT2D eigenvalue weighted by Gasteiger charge is -2.09. The zero-order chi connectivity index (χ0) is 12.4. The lowest BCUT2D eigenvalue weighted by molar-refractivity contribution is -0.148. The van der Waals surface area contributed by atoms with Gasteiger partial charge in [0, 0.05) is 18.4 Å². The Labute approximate surface area is 102 Å². The third kappa shape index (κ3) is 3.33. The summed E-state index contributed by atoms with van der Waals surface area (Å²) >= 11 is 0. The van der Waals surface area contributed by atoms with Crippen LogP contribution in [-0.2, 0) is 16.1 Å². The van der Waals surface area contributed by atoms with Gasteiger partial charge in [-0.3, -0.25) is 4.79 Å². The Morgan fingerprint density at radius 3 is 2.88 bits per heavy atom. The molecule has 1 unspecified atom stereocenters. The van der Waals surface area contributed by atoms with E-state index in [0.717, 1.165) is 5.56 Å². The zero-order valence-electron chi connectivity index (χ0n) is 10.4. The number of aromatic nitrogens is 1. The highest BCUT2D eigenvalue weighted by Crippen LogP contribution is 2.39. The van der Waals surface area contributed by atoms with Crippen molar-refractivity contribution in [3.63, 3.8) is 0 Å². The van der Waals surface area contributed by atoms with Gasteiger partial charge in [-0.15, -0.1) is 0 Å². The van der Waals surface area contributed by atoms with E-state index >= 15 is 0 Å². The first-order valence-electron chi connectivity index (χ1n) is 6.17. The maximum absolute atomic E-state index is 11.5. The molecular weight excluding hydrogens is 216 g/mol. The average molecular weight is 236 g/mol. The van der Waals surface area contributed by atoms with Crippen molar-refractivity contribution >= 4 is 5.97 Å². The first kappa shape index (κ1) is 12.2. The third-order valence-electron chi connectivity index (χ3n) is 2.97. The Morgan fingerprint density at radius 2 is 2.29 bits per heavy atom. The zero-order valence-corrected chi connectivity index (χ0v) is 10.4. The van der Waals surface area contributed by atoms with E-state index in [2.05, 4.69) is 0 Å². The molecule has 0 spiro atoms. The van der Waals surface area contributed by atoms with Gasteiger partial charge in [0.25, 0.3) is 0 Å². The second kappa shape index (κ2) is 4.92. The Hall–Kier alpha value is -1.29. The van der Waals surface area contributed by atoms with Crippen LogP contribution < -0.4 is 5.73 Å². The summed E-state index contributed by atoms with van der Waals surface area (Å²) in [6, 6.07) is 2.11. The highest BCUT2D eigenvalue weighted by atomic mass is 16.5. The van der Waals surface area contributed by atoms with Crippen molar-refractivity contribution < 1.29 is 9.53 Å². The Bertz CT molecular complexity index is 394. The van der Waals surface area contributed by atoms with E-state index in [1.54, 1.807) is 0 Å². The largest absolute Gasteiger partial charge is 0.462 e. The molecule has 4 heteroatoms. The third-order valence-corrected chi connectivity index (χ3v) is 2.97. The summed E-state index contributed by atoms with van der Waals surface area (Å²) in [6.07, 6.45) is 6.22. The van der Waals surface area contributed by atoms with Crippen molar-refractivity contribution in [2.24, 2.45) is 11.7 Å². The minimum absolute atomic E-state index is 0.0637. The normalized spacial score (nSPS) is 17.2. The van der Waals surface area contributed by atoms with Gasteiger partial charge in [-0.25, -0.2) is 0 Å². The van der Waals surface area contributed by atoms with Crippen LogP contribution in [0.1, 0.15) is 38.3 Å². The maximum Gasteiger partial charge on any atom is 0.326 e. The van der Waals surface area contributed by atoms with Gasteiger partial charge in [-0.2, -0.15) is 0 Å². The fourth-order valence-corrected chi connectivity index (χ4v) is 1.93. The molecule has 0 bridgehead atoms. The van der Waals surface area contributed by atoms with Crippen LogP contribution in [0.5, 0.6) is 0 Å². The van der Waals surface area contributed by atoms with E-state index < -0.39 is 0 Å². The van der Waals surface area contributed by atoms with Crippen LogP contribution in [0, 0.1) is 5.92 Å². The van der Waals surface area contributed by atoms with Crippen molar-refractivity contribution in [2.75, 3.05) is 0 Å².